The Labute approximate surface area is 159 Å². The van der Waals surface area contributed by atoms with Gasteiger partial charge in [0.1, 0.15) is 12.4 Å². The Balaban J connectivity index is 2.40. The molecule has 0 spiro atoms. The van der Waals surface area contributed by atoms with Crippen LogP contribution in [-0.2, 0) is 30.4 Å². The molecule has 0 aliphatic carbocycles. The predicted molar refractivity (Wildman–Crippen MR) is 94.3 cm³/mol. The highest BCUT2D eigenvalue weighted by molar-refractivity contribution is 5.78. The second kappa shape index (κ2) is 9.03. The summed E-state index contributed by atoms with van der Waals surface area (Å²) in [6.07, 6.45) is -7.27. The van der Waals surface area contributed by atoms with Crippen molar-refractivity contribution in [3.8, 4) is 5.75 Å². The quantitative estimate of drug-likeness (QED) is 0.658. The Kier molecular flexibility index (Phi) is 6.99. The van der Waals surface area contributed by atoms with Gasteiger partial charge in [-0.05, 0) is 29.7 Å². The molecule has 0 saturated carbocycles. The smallest absolute Gasteiger partial charge is 0.419 e. The van der Waals surface area contributed by atoms with Crippen LogP contribution in [0.1, 0.15) is 41.2 Å². The summed E-state index contributed by atoms with van der Waals surface area (Å²) in [7, 11) is 1.40. The lowest BCUT2D eigenvalue weighted by atomic mass is 9.99. The van der Waals surface area contributed by atoms with E-state index in [9.17, 15) is 26.7 Å². The number of hydrogen-bond acceptors (Lipinski definition) is 2. The molecule has 0 aliphatic rings. The van der Waals surface area contributed by atoms with Gasteiger partial charge in [-0.3, -0.25) is 4.79 Å². The average Bonchev–Trinajstić information content (AvgIpc) is 2.65. The molecule has 152 valence electrons. The van der Waals surface area contributed by atoms with Crippen LogP contribution in [0.5, 0.6) is 5.75 Å². The van der Waals surface area contributed by atoms with Crippen molar-refractivity contribution < 1.29 is 31.5 Å². The summed E-state index contributed by atoms with van der Waals surface area (Å²) in [6, 6.07) is 7.69. The number of alkyl halides is 5. The highest BCUT2D eigenvalue weighted by atomic mass is 19.4. The number of halogens is 5. The lowest BCUT2D eigenvalue weighted by Crippen LogP contribution is -2.21. The van der Waals surface area contributed by atoms with Crippen LogP contribution >= 0.6 is 0 Å². The van der Waals surface area contributed by atoms with Crippen molar-refractivity contribution in [2.75, 3.05) is 7.05 Å². The van der Waals surface area contributed by atoms with Crippen LogP contribution in [0.25, 0.3) is 0 Å². The van der Waals surface area contributed by atoms with Crippen molar-refractivity contribution in [3.63, 3.8) is 0 Å². The van der Waals surface area contributed by atoms with Crippen molar-refractivity contribution >= 4 is 5.91 Å². The molecule has 0 aliphatic heterocycles. The van der Waals surface area contributed by atoms with Crippen molar-refractivity contribution in [1.82, 2.24) is 5.32 Å². The van der Waals surface area contributed by atoms with Gasteiger partial charge in [0.15, 0.2) is 0 Å². The van der Waals surface area contributed by atoms with Crippen molar-refractivity contribution in [2.24, 2.45) is 0 Å². The maximum atomic E-state index is 13.4. The SMILES string of the molecule is CCc1ccc(OCc2c(CC(=O)NC)cccc2C(F)F)c(C(F)(F)F)c1. The average molecular weight is 401 g/mol. The first kappa shape index (κ1) is 21.7. The Hall–Kier alpha value is -2.64. The molecular formula is C20H20F5NO2. The fourth-order valence-corrected chi connectivity index (χ4v) is 2.76. The molecule has 0 saturated heterocycles. The van der Waals surface area contributed by atoms with Gasteiger partial charge in [0, 0.05) is 18.2 Å². The van der Waals surface area contributed by atoms with Gasteiger partial charge < -0.3 is 10.1 Å². The molecule has 0 atom stereocenters. The third-order valence-corrected chi connectivity index (χ3v) is 4.30. The van der Waals surface area contributed by atoms with E-state index in [1.165, 1.54) is 37.4 Å². The Morgan fingerprint density at radius 1 is 1.18 bits per heavy atom. The Bertz CT molecular complexity index is 834. The lowest BCUT2D eigenvalue weighted by Gasteiger charge is -2.18. The molecule has 0 heterocycles. The van der Waals surface area contributed by atoms with E-state index in [2.05, 4.69) is 5.32 Å². The molecule has 0 fully saturated rings. The maximum absolute atomic E-state index is 13.4. The summed E-state index contributed by atoms with van der Waals surface area (Å²) < 4.78 is 72.1. The Morgan fingerprint density at radius 3 is 2.46 bits per heavy atom. The molecule has 3 nitrogen and oxygen atoms in total. The zero-order valence-electron chi connectivity index (χ0n) is 15.4. The topological polar surface area (TPSA) is 38.3 Å². The maximum Gasteiger partial charge on any atom is 0.419 e. The third kappa shape index (κ3) is 5.21. The number of aryl methyl sites for hydroxylation is 1. The van der Waals surface area contributed by atoms with E-state index in [4.69, 9.17) is 4.74 Å². The highest BCUT2D eigenvalue weighted by Crippen LogP contribution is 2.38. The molecule has 0 radical (unpaired) electrons. The zero-order valence-corrected chi connectivity index (χ0v) is 15.4. The van der Waals surface area contributed by atoms with E-state index in [1.807, 2.05) is 0 Å². The number of carbonyl (C=O) groups excluding carboxylic acids is 1. The lowest BCUT2D eigenvalue weighted by molar-refractivity contribution is -0.139. The van der Waals surface area contributed by atoms with E-state index in [0.717, 1.165) is 6.07 Å². The van der Waals surface area contributed by atoms with Gasteiger partial charge in [-0.2, -0.15) is 13.2 Å². The van der Waals surface area contributed by atoms with Crippen LogP contribution in [0, 0.1) is 0 Å². The molecule has 8 heteroatoms. The van der Waals surface area contributed by atoms with Crippen LogP contribution in [0.4, 0.5) is 22.0 Å². The monoisotopic (exact) mass is 401 g/mol. The van der Waals surface area contributed by atoms with Gasteiger partial charge in [-0.1, -0.05) is 31.2 Å². The summed E-state index contributed by atoms with van der Waals surface area (Å²) in [6.45, 7) is 1.21. The molecule has 0 bridgehead atoms. The first-order chi connectivity index (χ1) is 13.2. The van der Waals surface area contributed by atoms with Crippen LogP contribution < -0.4 is 10.1 Å². The largest absolute Gasteiger partial charge is 0.488 e. The summed E-state index contributed by atoms with van der Waals surface area (Å²) in [4.78, 5) is 11.7. The normalized spacial score (nSPS) is 11.6. The van der Waals surface area contributed by atoms with Gasteiger partial charge in [0.25, 0.3) is 6.43 Å². The molecule has 0 aromatic heterocycles. The fourth-order valence-electron chi connectivity index (χ4n) is 2.76. The molecule has 2 rings (SSSR count). The number of carbonyl (C=O) groups is 1. The highest BCUT2D eigenvalue weighted by Gasteiger charge is 2.34. The van der Waals surface area contributed by atoms with E-state index in [0.29, 0.717) is 12.0 Å². The summed E-state index contributed by atoms with van der Waals surface area (Å²) in [5.41, 5.74) is -0.577. The number of rotatable bonds is 7. The summed E-state index contributed by atoms with van der Waals surface area (Å²) in [5, 5.41) is 2.39. The molecule has 2 aromatic rings. The number of likely N-dealkylation sites (N-methyl/N-ethyl adjacent to an activating group) is 1. The number of benzene rings is 2. The first-order valence-corrected chi connectivity index (χ1v) is 8.59. The molecule has 28 heavy (non-hydrogen) atoms. The van der Waals surface area contributed by atoms with Gasteiger partial charge in [-0.15, -0.1) is 0 Å². The van der Waals surface area contributed by atoms with E-state index in [-0.39, 0.29) is 23.1 Å². The fraction of sp³-hybridized carbons (Fsp3) is 0.350. The minimum absolute atomic E-state index is 0.00814. The number of nitrogens with one attached hydrogen (secondary N) is 1. The minimum Gasteiger partial charge on any atom is -0.488 e. The van der Waals surface area contributed by atoms with Gasteiger partial charge in [0.05, 0.1) is 12.0 Å². The predicted octanol–water partition coefficient (Wildman–Crippen LogP) is 5.07. The van der Waals surface area contributed by atoms with E-state index in [1.54, 1.807) is 6.92 Å². The van der Waals surface area contributed by atoms with Crippen molar-refractivity contribution in [1.29, 1.82) is 0 Å². The van der Waals surface area contributed by atoms with Crippen molar-refractivity contribution in [2.45, 2.75) is 39.0 Å². The van der Waals surface area contributed by atoms with Crippen LogP contribution in [-0.4, -0.2) is 13.0 Å². The molecule has 1 amide bonds. The van der Waals surface area contributed by atoms with Gasteiger partial charge in [-0.25, -0.2) is 8.78 Å². The Morgan fingerprint density at radius 2 is 1.89 bits per heavy atom. The number of hydrogen-bond donors (Lipinski definition) is 1. The molecule has 1 N–H and O–H groups in total. The van der Waals surface area contributed by atoms with Crippen LogP contribution in [0.3, 0.4) is 0 Å². The zero-order chi connectivity index (χ0) is 20.9. The second-order valence-electron chi connectivity index (χ2n) is 6.11. The van der Waals surface area contributed by atoms with Crippen LogP contribution in [0.2, 0.25) is 0 Å². The number of ether oxygens (including phenoxy) is 1. The van der Waals surface area contributed by atoms with Crippen molar-refractivity contribution in [3.05, 3.63) is 64.2 Å². The molecule has 2 aromatic carbocycles. The summed E-state index contributed by atoms with van der Waals surface area (Å²) >= 11 is 0. The third-order valence-electron chi connectivity index (χ3n) is 4.30. The van der Waals surface area contributed by atoms with Gasteiger partial charge >= 0.3 is 6.18 Å². The standard InChI is InChI=1S/C20H20F5NO2/c1-3-12-7-8-17(16(9-12)20(23,24)25)28-11-15-13(10-18(27)26-2)5-4-6-14(15)19(21)22/h4-9,19H,3,10-11H2,1-2H3,(H,26,27). The van der Waals surface area contributed by atoms with Gasteiger partial charge in [0.2, 0.25) is 5.91 Å². The first-order valence-electron chi connectivity index (χ1n) is 8.59. The second-order valence-corrected chi connectivity index (χ2v) is 6.11. The van der Waals surface area contributed by atoms with E-state index < -0.39 is 36.4 Å². The molecule has 0 unspecified atom stereocenters. The number of amides is 1. The minimum atomic E-state index is -4.65. The molecular weight excluding hydrogens is 381 g/mol. The van der Waals surface area contributed by atoms with E-state index >= 15 is 0 Å². The van der Waals surface area contributed by atoms with Crippen LogP contribution in [0.15, 0.2) is 36.4 Å². The summed E-state index contributed by atoms with van der Waals surface area (Å²) in [5.74, 6) is -0.851.